The standard InChI is InChI=1S/C18H23ClN4O2/c1-25-16-7-6-13(19)11-14(16)15-12-17(22-21-15)20-18(24)5-4-10-23-8-2-3-9-23/h6-7,11-12H,2-5,8-10H2,1H3,(H2,20,21,22,24). The molecule has 3 rings (SSSR count). The molecule has 1 aliphatic heterocycles. The summed E-state index contributed by atoms with van der Waals surface area (Å²) in [7, 11) is 1.60. The molecule has 1 saturated heterocycles. The zero-order valence-corrected chi connectivity index (χ0v) is 15.1. The van der Waals surface area contributed by atoms with E-state index in [9.17, 15) is 4.79 Å². The predicted octanol–water partition coefficient (Wildman–Crippen LogP) is 3.55. The maximum Gasteiger partial charge on any atom is 0.225 e. The monoisotopic (exact) mass is 362 g/mol. The van der Waals surface area contributed by atoms with E-state index in [1.165, 1.54) is 12.8 Å². The molecule has 2 heterocycles. The van der Waals surface area contributed by atoms with Crippen molar-refractivity contribution in [2.45, 2.75) is 25.7 Å². The highest BCUT2D eigenvalue weighted by atomic mass is 35.5. The van der Waals surface area contributed by atoms with Crippen molar-refractivity contribution < 1.29 is 9.53 Å². The number of hydrogen-bond acceptors (Lipinski definition) is 4. The zero-order chi connectivity index (χ0) is 17.6. The molecule has 134 valence electrons. The van der Waals surface area contributed by atoms with Gasteiger partial charge in [0.15, 0.2) is 5.82 Å². The van der Waals surface area contributed by atoms with Gasteiger partial charge in [0.05, 0.1) is 12.8 Å². The summed E-state index contributed by atoms with van der Waals surface area (Å²) < 4.78 is 5.35. The number of rotatable bonds is 7. The van der Waals surface area contributed by atoms with E-state index >= 15 is 0 Å². The number of carbonyl (C=O) groups excluding carboxylic acids is 1. The molecule has 2 N–H and O–H groups in total. The molecule has 2 aromatic rings. The first-order chi connectivity index (χ1) is 12.2. The second-order valence-electron chi connectivity index (χ2n) is 6.21. The van der Waals surface area contributed by atoms with Crippen LogP contribution >= 0.6 is 11.6 Å². The van der Waals surface area contributed by atoms with Crippen LogP contribution in [-0.2, 0) is 4.79 Å². The lowest BCUT2D eigenvalue weighted by atomic mass is 10.1. The number of halogens is 1. The van der Waals surface area contributed by atoms with E-state index in [1.54, 1.807) is 31.4 Å². The van der Waals surface area contributed by atoms with Crippen molar-refractivity contribution in [2.75, 3.05) is 32.1 Å². The number of carbonyl (C=O) groups is 1. The van der Waals surface area contributed by atoms with Gasteiger partial charge in [-0.05, 0) is 57.1 Å². The number of benzene rings is 1. The maximum atomic E-state index is 12.1. The number of nitrogens with zero attached hydrogens (tertiary/aromatic N) is 2. The van der Waals surface area contributed by atoms with Gasteiger partial charge in [-0.15, -0.1) is 0 Å². The number of ether oxygens (including phenoxy) is 1. The molecule has 0 saturated carbocycles. The number of aromatic nitrogens is 2. The summed E-state index contributed by atoms with van der Waals surface area (Å²) in [5.41, 5.74) is 1.55. The Bertz CT molecular complexity index is 726. The lowest BCUT2D eigenvalue weighted by molar-refractivity contribution is -0.116. The number of hydrogen-bond donors (Lipinski definition) is 2. The van der Waals surface area contributed by atoms with Crippen LogP contribution in [0.25, 0.3) is 11.3 Å². The molecule has 1 aliphatic rings. The Hall–Kier alpha value is -2.05. The quantitative estimate of drug-likeness (QED) is 0.790. The largest absolute Gasteiger partial charge is 0.496 e. The van der Waals surface area contributed by atoms with E-state index in [-0.39, 0.29) is 5.91 Å². The molecule has 1 fully saturated rings. The van der Waals surface area contributed by atoms with Gasteiger partial charge in [0.2, 0.25) is 5.91 Å². The first-order valence-corrected chi connectivity index (χ1v) is 8.95. The number of methoxy groups -OCH3 is 1. The van der Waals surface area contributed by atoms with Crippen LogP contribution in [0.1, 0.15) is 25.7 Å². The third kappa shape index (κ3) is 4.74. The Morgan fingerprint density at radius 2 is 2.16 bits per heavy atom. The molecule has 7 heteroatoms. The Morgan fingerprint density at radius 3 is 2.92 bits per heavy atom. The minimum atomic E-state index is -0.0182. The smallest absolute Gasteiger partial charge is 0.225 e. The van der Waals surface area contributed by atoms with E-state index in [0.717, 1.165) is 37.3 Å². The van der Waals surface area contributed by atoms with E-state index in [0.29, 0.717) is 23.0 Å². The second-order valence-corrected chi connectivity index (χ2v) is 6.65. The average molecular weight is 363 g/mol. The van der Waals surface area contributed by atoms with E-state index in [4.69, 9.17) is 16.3 Å². The van der Waals surface area contributed by atoms with Gasteiger partial charge in [0, 0.05) is 23.1 Å². The molecular weight excluding hydrogens is 340 g/mol. The molecule has 1 aromatic heterocycles. The molecule has 25 heavy (non-hydrogen) atoms. The van der Waals surface area contributed by atoms with Gasteiger partial charge in [-0.3, -0.25) is 9.89 Å². The van der Waals surface area contributed by atoms with Crippen LogP contribution in [0.2, 0.25) is 5.02 Å². The molecule has 1 aromatic carbocycles. The fourth-order valence-corrected chi connectivity index (χ4v) is 3.26. The summed E-state index contributed by atoms with van der Waals surface area (Å²) in [6.07, 6.45) is 3.91. The van der Waals surface area contributed by atoms with Crippen molar-refractivity contribution in [3.8, 4) is 17.0 Å². The summed E-state index contributed by atoms with van der Waals surface area (Å²) in [6.45, 7) is 3.30. The van der Waals surface area contributed by atoms with Gasteiger partial charge >= 0.3 is 0 Å². The third-order valence-corrected chi connectivity index (χ3v) is 4.61. The van der Waals surface area contributed by atoms with Crippen molar-refractivity contribution in [1.29, 1.82) is 0 Å². The highest BCUT2D eigenvalue weighted by molar-refractivity contribution is 6.31. The van der Waals surface area contributed by atoms with Crippen molar-refractivity contribution in [1.82, 2.24) is 15.1 Å². The van der Waals surface area contributed by atoms with Crippen LogP contribution in [0.4, 0.5) is 5.82 Å². The average Bonchev–Trinajstić information content (AvgIpc) is 3.27. The Morgan fingerprint density at radius 1 is 1.36 bits per heavy atom. The highest BCUT2D eigenvalue weighted by Crippen LogP contribution is 2.32. The van der Waals surface area contributed by atoms with Gasteiger partial charge in [-0.25, -0.2) is 0 Å². The molecule has 0 unspecified atom stereocenters. The van der Waals surface area contributed by atoms with E-state index in [1.807, 2.05) is 0 Å². The fourth-order valence-electron chi connectivity index (χ4n) is 3.09. The first-order valence-electron chi connectivity index (χ1n) is 8.57. The second kappa shape index (κ2) is 8.36. The number of aromatic amines is 1. The minimum Gasteiger partial charge on any atom is -0.496 e. The molecule has 1 amide bonds. The van der Waals surface area contributed by atoms with Crippen LogP contribution < -0.4 is 10.1 Å². The molecular formula is C18H23ClN4O2. The normalized spacial score (nSPS) is 14.6. The molecule has 0 radical (unpaired) electrons. The van der Waals surface area contributed by atoms with Gasteiger partial charge < -0.3 is 15.0 Å². The lowest BCUT2D eigenvalue weighted by Gasteiger charge is -2.13. The maximum absolute atomic E-state index is 12.1. The van der Waals surface area contributed by atoms with Gasteiger partial charge in [-0.1, -0.05) is 11.6 Å². The summed E-state index contributed by atoms with van der Waals surface area (Å²) in [5, 5.41) is 10.5. The summed E-state index contributed by atoms with van der Waals surface area (Å²) in [5.74, 6) is 1.18. The van der Waals surface area contributed by atoms with Gasteiger partial charge in [-0.2, -0.15) is 5.10 Å². The molecule has 0 aliphatic carbocycles. The van der Waals surface area contributed by atoms with Crippen LogP contribution in [0.3, 0.4) is 0 Å². The fraction of sp³-hybridized carbons (Fsp3) is 0.444. The minimum absolute atomic E-state index is 0.0182. The van der Waals surface area contributed by atoms with Crippen molar-refractivity contribution in [3.05, 3.63) is 29.3 Å². The molecule has 0 atom stereocenters. The SMILES string of the molecule is COc1ccc(Cl)cc1-c1cc(NC(=O)CCCN2CCCC2)n[nH]1. The van der Waals surface area contributed by atoms with E-state index in [2.05, 4.69) is 20.4 Å². The van der Waals surface area contributed by atoms with Crippen LogP contribution in [0.5, 0.6) is 5.75 Å². The summed E-state index contributed by atoms with van der Waals surface area (Å²) >= 11 is 6.06. The molecule has 0 spiro atoms. The predicted molar refractivity (Wildman–Crippen MR) is 99.1 cm³/mol. The number of anilines is 1. The zero-order valence-electron chi connectivity index (χ0n) is 14.3. The first kappa shape index (κ1) is 17.8. The van der Waals surface area contributed by atoms with Crippen molar-refractivity contribution in [2.24, 2.45) is 0 Å². The number of likely N-dealkylation sites (tertiary alicyclic amines) is 1. The van der Waals surface area contributed by atoms with Gasteiger partial charge in [0.1, 0.15) is 5.75 Å². The number of amides is 1. The third-order valence-electron chi connectivity index (χ3n) is 4.37. The number of nitrogens with one attached hydrogen (secondary N) is 2. The van der Waals surface area contributed by atoms with Crippen molar-refractivity contribution in [3.63, 3.8) is 0 Å². The summed E-state index contributed by atoms with van der Waals surface area (Å²) in [6, 6.07) is 7.15. The van der Waals surface area contributed by atoms with Gasteiger partial charge in [0.25, 0.3) is 0 Å². The van der Waals surface area contributed by atoms with Crippen molar-refractivity contribution >= 4 is 23.3 Å². The number of H-pyrrole nitrogens is 1. The Kier molecular flexibility index (Phi) is 5.94. The van der Waals surface area contributed by atoms with Crippen LogP contribution in [0, 0.1) is 0 Å². The Balaban J connectivity index is 1.56. The lowest BCUT2D eigenvalue weighted by Crippen LogP contribution is -2.22. The molecule has 6 nitrogen and oxygen atoms in total. The topological polar surface area (TPSA) is 70.2 Å². The van der Waals surface area contributed by atoms with Crippen LogP contribution in [0.15, 0.2) is 24.3 Å². The highest BCUT2D eigenvalue weighted by Gasteiger charge is 2.13. The molecule has 0 bridgehead atoms. The summed E-state index contributed by atoms with van der Waals surface area (Å²) in [4.78, 5) is 14.5. The van der Waals surface area contributed by atoms with E-state index < -0.39 is 0 Å². The Labute approximate surface area is 152 Å². The van der Waals surface area contributed by atoms with Crippen LogP contribution in [-0.4, -0.2) is 47.7 Å².